The lowest BCUT2D eigenvalue weighted by molar-refractivity contribution is 0.248. The molecule has 0 bridgehead atoms. The van der Waals surface area contributed by atoms with Gasteiger partial charge in [0.25, 0.3) is 0 Å². The summed E-state index contributed by atoms with van der Waals surface area (Å²) in [5, 5.41) is 5.57. The van der Waals surface area contributed by atoms with Crippen molar-refractivity contribution in [2.75, 3.05) is 12.4 Å². The van der Waals surface area contributed by atoms with E-state index < -0.39 is 5.82 Å². The first kappa shape index (κ1) is 12.7. The SMILES string of the molecule is COc1cc(F)ccc1NC(=O)NC1CCCC1. The molecule has 98 valence electrons. The molecule has 1 fully saturated rings. The highest BCUT2D eigenvalue weighted by atomic mass is 19.1. The highest BCUT2D eigenvalue weighted by Crippen LogP contribution is 2.25. The van der Waals surface area contributed by atoms with Gasteiger partial charge in [-0.1, -0.05) is 12.8 Å². The van der Waals surface area contributed by atoms with Gasteiger partial charge in [-0.15, -0.1) is 0 Å². The molecule has 0 unspecified atom stereocenters. The predicted molar refractivity (Wildman–Crippen MR) is 67.4 cm³/mol. The summed E-state index contributed by atoms with van der Waals surface area (Å²) in [6, 6.07) is 3.99. The van der Waals surface area contributed by atoms with Crippen LogP contribution in [0.4, 0.5) is 14.9 Å². The average Bonchev–Trinajstić information content (AvgIpc) is 2.84. The Bertz CT molecular complexity index is 431. The zero-order valence-electron chi connectivity index (χ0n) is 10.3. The number of halogens is 1. The van der Waals surface area contributed by atoms with Crippen molar-refractivity contribution in [1.29, 1.82) is 0 Å². The van der Waals surface area contributed by atoms with Crippen LogP contribution in [-0.2, 0) is 0 Å². The topological polar surface area (TPSA) is 50.4 Å². The molecule has 5 heteroatoms. The van der Waals surface area contributed by atoms with Crippen LogP contribution in [0.15, 0.2) is 18.2 Å². The van der Waals surface area contributed by atoms with E-state index in [1.807, 2.05) is 0 Å². The normalized spacial score (nSPS) is 15.4. The fourth-order valence-corrected chi connectivity index (χ4v) is 2.18. The van der Waals surface area contributed by atoms with Gasteiger partial charge in [0.1, 0.15) is 11.6 Å². The van der Waals surface area contributed by atoms with Crippen LogP contribution >= 0.6 is 0 Å². The summed E-state index contributed by atoms with van der Waals surface area (Å²) in [5.74, 6) is -0.0785. The number of nitrogens with one attached hydrogen (secondary N) is 2. The van der Waals surface area contributed by atoms with Crippen LogP contribution in [0.1, 0.15) is 25.7 Å². The van der Waals surface area contributed by atoms with Crippen LogP contribution < -0.4 is 15.4 Å². The number of carbonyl (C=O) groups excluding carboxylic acids is 1. The third-order valence-corrected chi connectivity index (χ3v) is 3.10. The molecule has 1 aliphatic carbocycles. The Morgan fingerprint density at radius 1 is 1.39 bits per heavy atom. The molecule has 0 spiro atoms. The second-order valence-corrected chi connectivity index (χ2v) is 4.42. The maximum absolute atomic E-state index is 13.0. The number of hydrogen-bond donors (Lipinski definition) is 2. The number of benzene rings is 1. The lowest BCUT2D eigenvalue weighted by Gasteiger charge is -2.14. The van der Waals surface area contributed by atoms with Crippen LogP contribution in [0, 0.1) is 5.82 Å². The van der Waals surface area contributed by atoms with E-state index in [1.165, 1.54) is 25.3 Å². The van der Waals surface area contributed by atoms with Gasteiger partial charge in [0, 0.05) is 12.1 Å². The van der Waals surface area contributed by atoms with E-state index in [0.29, 0.717) is 11.4 Å². The maximum Gasteiger partial charge on any atom is 0.319 e. The Morgan fingerprint density at radius 3 is 2.78 bits per heavy atom. The van der Waals surface area contributed by atoms with Gasteiger partial charge in [0.2, 0.25) is 0 Å². The third-order valence-electron chi connectivity index (χ3n) is 3.10. The number of anilines is 1. The molecule has 4 nitrogen and oxygen atoms in total. The second-order valence-electron chi connectivity index (χ2n) is 4.42. The zero-order valence-corrected chi connectivity index (χ0v) is 10.3. The molecule has 0 saturated heterocycles. The molecule has 1 saturated carbocycles. The molecule has 0 atom stereocenters. The number of amides is 2. The Balaban J connectivity index is 1.97. The van der Waals surface area contributed by atoms with E-state index in [0.717, 1.165) is 25.7 Å². The fraction of sp³-hybridized carbons (Fsp3) is 0.462. The standard InChI is InChI=1S/C13H17FN2O2/c1-18-12-8-9(14)6-7-11(12)16-13(17)15-10-4-2-3-5-10/h6-8,10H,2-5H2,1H3,(H2,15,16,17). The van der Waals surface area contributed by atoms with Crippen molar-refractivity contribution in [3.63, 3.8) is 0 Å². The smallest absolute Gasteiger partial charge is 0.319 e. The Kier molecular flexibility index (Phi) is 4.02. The number of hydrogen-bond acceptors (Lipinski definition) is 2. The Morgan fingerprint density at radius 2 is 2.11 bits per heavy atom. The molecule has 1 aliphatic rings. The van der Waals surface area contributed by atoms with Gasteiger partial charge in [-0.3, -0.25) is 0 Å². The van der Waals surface area contributed by atoms with Crippen LogP contribution in [0.25, 0.3) is 0 Å². The molecule has 2 N–H and O–H groups in total. The average molecular weight is 252 g/mol. The molecule has 2 rings (SSSR count). The van der Waals surface area contributed by atoms with Crippen molar-refractivity contribution in [1.82, 2.24) is 5.32 Å². The quantitative estimate of drug-likeness (QED) is 0.869. The Labute approximate surface area is 106 Å². The highest BCUT2D eigenvalue weighted by Gasteiger charge is 2.17. The second kappa shape index (κ2) is 5.71. The van der Waals surface area contributed by atoms with Crippen LogP contribution in [0.2, 0.25) is 0 Å². The Hall–Kier alpha value is -1.78. The van der Waals surface area contributed by atoms with E-state index in [1.54, 1.807) is 0 Å². The molecular weight excluding hydrogens is 235 g/mol. The summed E-state index contributed by atoms with van der Waals surface area (Å²) in [6.07, 6.45) is 4.36. The molecular formula is C13H17FN2O2. The number of carbonyl (C=O) groups is 1. The molecule has 0 aromatic heterocycles. The van der Waals surface area contributed by atoms with Crippen LogP contribution in [0.5, 0.6) is 5.75 Å². The summed E-state index contributed by atoms with van der Waals surface area (Å²) in [5.41, 5.74) is 0.467. The number of methoxy groups -OCH3 is 1. The summed E-state index contributed by atoms with van der Waals surface area (Å²) in [4.78, 5) is 11.7. The van der Waals surface area contributed by atoms with E-state index in [2.05, 4.69) is 10.6 Å². The minimum absolute atomic E-state index is 0.247. The molecule has 18 heavy (non-hydrogen) atoms. The summed E-state index contributed by atoms with van der Waals surface area (Å²) >= 11 is 0. The summed E-state index contributed by atoms with van der Waals surface area (Å²) < 4.78 is 18.0. The first-order valence-corrected chi connectivity index (χ1v) is 6.10. The van der Waals surface area contributed by atoms with Crippen molar-refractivity contribution in [2.45, 2.75) is 31.7 Å². The van der Waals surface area contributed by atoms with Gasteiger partial charge in [-0.25, -0.2) is 9.18 Å². The molecule has 0 radical (unpaired) electrons. The van der Waals surface area contributed by atoms with Gasteiger partial charge in [-0.05, 0) is 25.0 Å². The van der Waals surface area contributed by atoms with E-state index >= 15 is 0 Å². The third kappa shape index (κ3) is 3.12. The van der Waals surface area contributed by atoms with Gasteiger partial charge in [-0.2, -0.15) is 0 Å². The van der Waals surface area contributed by atoms with Gasteiger partial charge in [0.05, 0.1) is 12.8 Å². The van der Waals surface area contributed by atoms with Crippen molar-refractivity contribution in [2.24, 2.45) is 0 Å². The van der Waals surface area contributed by atoms with E-state index in [9.17, 15) is 9.18 Å². The minimum Gasteiger partial charge on any atom is -0.494 e. The van der Waals surface area contributed by atoms with Crippen LogP contribution in [0.3, 0.4) is 0 Å². The van der Waals surface area contributed by atoms with Crippen molar-refractivity contribution >= 4 is 11.7 Å². The molecule has 1 aromatic carbocycles. The fourth-order valence-electron chi connectivity index (χ4n) is 2.18. The number of ether oxygens (including phenoxy) is 1. The van der Waals surface area contributed by atoms with Crippen LogP contribution in [-0.4, -0.2) is 19.2 Å². The monoisotopic (exact) mass is 252 g/mol. The molecule has 0 heterocycles. The highest BCUT2D eigenvalue weighted by molar-refractivity contribution is 5.91. The summed E-state index contributed by atoms with van der Waals surface area (Å²) in [7, 11) is 1.44. The van der Waals surface area contributed by atoms with E-state index in [4.69, 9.17) is 4.74 Å². The van der Waals surface area contributed by atoms with Crippen molar-refractivity contribution in [3.8, 4) is 5.75 Å². The predicted octanol–water partition coefficient (Wildman–Crippen LogP) is 2.90. The molecule has 1 aromatic rings. The largest absolute Gasteiger partial charge is 0.494 e. The minimum atomic E-state index is -0.395. The maximum atomic E-state index is 13.0. The van der Waals surface area contributed by atoms with Gasteiger partial charge in [0.15, 0.2) is 0 Å². The van der Waals surface area contributed by atoms with Gasteiger partial charge >= 0.3 is 6.03 Å². The number of urea groups is 1. The van der Waals surface area contributed by atoms with Crippen molar-refractivity contribution in [3.05, 3.63) is 24.0 Å². The lowest BCUT2D eigenvalue weighted by atomic mass is 10.2. The van der Waals surface area contributed by atoms with Crippen molar-refractivity contribution < 1.29 is 13.9 Å². The first-order valence-electron chi connectivity index (χ1n) is 6.10. The molecule has 2 amide bonds. The first-order chi connectivity index (χ1) is 8.69. The number of rotatable bonds is 3. The van der Waals surface area contributed by atoms with Gasteiger partial charge < -0.3 is 15.4 Å². The summed E-state index contributed by atoms with van der Waals surface area (Å²) in [6.45, 7) is 0. The lowest BCUT2D eigenvalue weighted by Crippen LogP contribution is -2.36. The zero-order chi connectivity index (χ0) is 13.0. The molecule has 0 aliphatic heterocycles. The van der Waals surface area contributed by atoms with E-state index in [-0.39, 0.29) is 12.1 Å².